The smallest absolute Gasteiger partial charge is 0.274 e. The summed E-state index contributed by atoms with van der Waals surface area (Å²) < 4.78 is 217. The normalized spacial score (nSPS) is 13.4. The van der Waals surface area contributed by atoms with E-state index in [2.05, 4.69) is 16.7 Å². The molecule has 1 aliphatic carbocycles. The summed E-state index contributed by atoms with van der Waals surface area (Å²) in [5, 5.41) is 1.98. The number of fused-ring (bicyclic) bond motifs is 1. The van der Waals surface area contributed by atoms with Crippen molar-refractivity contribution in [2.45, 2.75) is 91.2 Å². The highest BCUT2D eigenvalue weighted by molar-refractivity contribution is 7.91. The molecule has 31 heteroatoms. The Bertz CT molecular complexity index is 3230. The Morgan fingerprint density at radius 2 is 0.947 bits per heavy atom. The molecule has 1 saturated carbocycles. The van der Waals surface area contributed by atoms with Gasteiger partial charge in [-0.2, -0.15) is 46.8 Å². The van der Waals surface area contributed by atoms with Crippen molar-refractivity contribution in [1.82, 2.24) is 0 Å². The van der Waals surface area contributed by atoms with E-state index in [-0.39, 0.29) is 15.9 Å². The van der Waals surface area contributed by atoms with Crippen LogP contribution in [0, 0.1) is 6.92 Å². The molecule has 0 bridgehead atoms. The molecule has 0 unspecified atom stereocenters. The van der Waals surface area contributed by atoms with Gasteiger partial charge in [0, 0.05) is 30.8 Å². The van der Waals surface area contributed by atoms with Crippen molar-refractivity contribution in [2.24, 2.45) is 0 Å². The molecule has 0 aliphatic heterocycles. The van der Waals surface area contributed by atoms with Crippen molar-refractivity contribution in [1.29, 1.82) is 0 Å². The van der Waals surface area contributed by atoms with Gasteiger partial charge in [0.1, 0.15) is 19.7 Å². The predicted octanol–water partition coefficient (Wildman–Crippen LogP) is 6.92. The van der Waals surface area contributed by atoms with Gasteiger partial charge in [-0.3, -0.25) is 16.7 Å². The summed E-state index contributed by atoms with van der Waals surface area (Å²) in [6.07, 6.45) is 12.9. The van der Waals surface area contributed by atoms with Crippen LogP contribution in [0.15, 0.2) is 112 Å². The van der Waals surface area contributed by atoms with Gasteiger partial charge >= 0.3 is 15.6 Å². The second-order valence-electron chi connectivity index (χ2n) is 15.8. The van der Waals surface area contributed by atoms with Gasteiger partial charge in [-0.05, 0) is 80.3 Å². The molecule has 0 amide bonds. The fourth-order valence-corrected chi connectivity index (χ4v) is 9.38. The monoisotopic (exact) mass is 1240 g/mol. The Balaban J connectivity index is -0.000000813. The summed E-state index contributed by atoms with van der Waals surface area (Å²) in [4.78, 5) is 0.932. The van der Waals surface area contributed by atoms with Crippen molar-refractivity contribution >= 4 is 90.6 Å². The molecular weight excluding hydrogens is 1170 g/mol. The van der Waals surface area contributed by atoms with Crippen LogP contribution in [-0.2, 0) is 96.6 Å². The third kappa shape index (κ3) is 37.2. The molecule has 4 aromatic carbocycles. The van der Waals surface area contributed by atoms with Crippen LogP contribution in [0.3, 0.4) is 0 Å². The van der Waals surface area contributed by atoms with E-state index in [1.807, 2.05) is 44.2 Å². The molecule has 0 aromatic heterocycles. The lowest BCUT2D eigenvalue weighted by Crippen LogP contribution is -2.23. The van der Waals surface area contributed by atoms with Crippen LogP contribution in [0.2, 0.25) is 0 Å². The fourth-order valence-electron chi connectivity index (χ4n) is 4.98. The highest BCUT2D eigenvalue weighted by atomic mass is 32.2. The Kier molecular flexibility index (Phi) is 35.4. The minimum atomic E-state index is -5.34. The van der Waals surface area contributed by atoms with Crippen LogP contribution >= 0.6 is 0 Å². The fraction of sp³-hybridized carbons (Fsp3) is 0.511. The van der Waals surface area contributed by atoms with Crippen LogP contribution in [-0.4, -0.2) is 149 Å². The molecule has 20 nitrogen and oxygen atoms in total. The first-order valence-corrected chi connectivity index (χ1v) is 36.0. The Morgan fingerprint density at radius 3 is 1.22 bits per heavy atom. The summed E-state index contributed by atoms with van der Waals surface area (Å²) in [5.41, 5.74) is -4.29. The molecule has 0 N–H and O–H groups in total. The van der Waals surface area contributed by atoms with E-state index in [4.69, 9.17) is 0 Å². The van der Waals surface area contributed by atoms with Gasteiger partial charge in [0.25, 0.3) is 30.4 Å². The molecule has 0 radical (unpaired) electrons. The molecule has 0 atom stereocenters. The van der Waals surface area contributed by atoms with Gasteiger partial charge in [-0.1, -0.05) is 98.8 Å². The van der Waals surface area contributed by atoms with E-state index in [1.165, 1.54) is 50.5 Å². The van der Waals surface area contributed by atoms with Crippen molar-refractivity contribution in [3.8, 4) is 0 Å². The maximum Gasteiger partial charge on any atom is 0.523 e. The first-order valence-electron chi connectivity index (χ1n) is 22.0. The van der Waals surface area contributed by atoms with Gasteiger partial charge in [-0.25, -0.2) is 33.7 Å². The number of alkyl halides is 3. The van der Waals surface area contributed by atoms with Crippen molar-refractivity contribution < 1.29 is 97.2 Å². The summed E-state index contributed by atoms with van der Waals surface area (Å²) >= 11 is 0. The largest absolute Gasteiger partial charge is 0.523 e. The van der Waals surface area contributed by atoms with E-state index >= 15 is 0 Å². The van der Waals surface area contributed by atoms with Crippen LogP contribution in [0.4, 0.5) is 13.2 Å². The van der Waals surface area contributed by atoms with Crippen LogP contribution in [0.1, 0.15) is 64.4 Å². The number of hydrogen-bond acceptors (Lipinski definition) is 20. The molecule has 440 valence electrons. The van der Waals surface area contributed by atoms with Gasteiger partial charge < -0.3 is 0 Å². The number of sulfone groups is 4. The van der Waals surface area contributed by atoms with Gasteiger partial charge in [0.2, 0.25) is 0 Å². The third-order valence-electron chi connectivity index (χ3n) is 9.29. The lowest BCUT2D eigenvalue weighted by Gasteiger charge is -2.19. The van der Waals surface area contributed by atoms with E-state index in [0.29, 0.717) is 22.7 Å². The number of benzene rings is 4. The molecular formula is C45H71F3O20S8. The number of rotatable bonds is 12. The Hall–Kier alpha value is -3.63. The first kappa shape index (κ1) is 76.6. The number of halogens is 3. The second-order valence-corrected chi connectivity index (χ2v) is 31.6. The molecule has 4 aromatic rings. The van der Waals surface area contributed by atoms with Gasteiger partial charge in [-0.15, -0.1) is 0 Å². The molecule has 1 fully saturated rings. The third-order valence-corrected chi connectivity index (χ3v) is 18.4. The number of aryl methyl sites for hydroxylation is 1. The Morgan fingerprint density at radius 1 is 0.513 bits per heavy atom. The van der Waals surface area contributed by atoms with Crippen LogP contribution in [0.5, 0.6) is 0 Å². The Labute approximate surface area is 449 Å². The van der Waals surface area contributed by atoms with Crippen molar-refractivity contribution in [2.75, 3.05) is 71.2 Å². The zero-order valence-corrected chi connectivity index (χ0v) is 50.8. The lowest BCUT2D eigenvalue weighted by molar-refractivity contribution is -0.0526. The first-order chi connectivity index (χ1) is 34.4. The average Bonchev–Trinajstić information content (AvgIpc) is 3.33. The zero-order chi connectivity index (χ0) is 60.0. The van der Waals surface area contributed by atoms with Gasteiger partial charge in [0.05, 0.1) is 60.4 Å². The highest BCUT2D eigenvalue weighted by Crippen LogP contribution is 2.24. The zero-order valence-electron chi connectivity index (χ0n) is 44.2. The number of hydrogen-bond donors (Lipinski definition) is 0. The second kappa shape index (κ2) is 35.1. The predicted molar refractivity (Wildman–Crippen MR) is 289 cm³/mol. The molecule has 76 heavy (non-hydrogen) atoms. The molecule has 1 aliphatic rings. The minimum Gasteiger partial charge on any atom is -0.274 e. The summed E-state index contributed by atoms with van der Waals surface area (Å²) in [6, 6.07) is 27.7. The topological polar surface area (TPSA) is 310 Å². The molecule has 0 heterocycles. The minimum absolute atomic E-state index is 0.0266. The maximum absolute atomic E-state index is 11.3. The SMILES string of the molecule is CCCCS(C)(=O)=O.CCS(=O)(=O)OC.COS(=O)(=O)C(F)(F)F.COS(=O)(=O)c1ccc(C)cc1.COS(C)(=O)=O.CS(=O)(=O)C1CCCCC1.CS(=O)(=O)c1ccc2ccccc2c1.CS(=O)(=O)c1ccccc1. The highest BCUT2D eigenvalue weighted by Gasteiger charge is 2.46. The molecule has 5 rings (SSSR count). The van der Waals surface area contributed by atoms with Crippen molar-refractivity contribution in [3.05, 3.63) is 103 Å². The van der Waals surface area contributed by atoms with Crippen molar-refractivity contribution in [3.63, 3.8) is 0 Å². The van der Waals surface area contributed by atoms with E-state index in [9.17, 15) is 80.5 Å². The average molecular weight is 1250 g/mol. The molecule has 0 spiro atoms. The number of unbranched alkanes of at least 4 members (excludes halogenated alkanes) is 1. The van der Waals surface area contributed by atoms with Crippen LogP contribution < -0.4 is 0 Å². The summed E-state index contributed by atoms with van der Waals surface area (Å²) in [6.45, 7) is 5.40. The lowest BCUT2D eigenvalue weighted by atomic mass is 10.0. The molecule has 0 saturated heterocycles. The summed E-state index contributed by atoms with van der Waals surface area (Å²) in [5.74, 6) is 0.382. The standard InChI is InChI=1S/C11H10O2S.C8H10O3S.C7H14O2S.C7H8O2S.C5H12O2S.C3H8O3S.C2H3F3O3S.C2H6O3S/c1-14(12,13)11-7-6-9-4-2-3-5-10(9)8-11;1-7-3-5-8(6-4-7)12(9,10)11-2;2*1-10(8,9)7-5-3-2-4-6-7;1-3-4-5-8(2,6)7;1-3-7(4,5)6-2;1-8-9(6,7)2(3,4)5;1-5-6(2,3)4/h2-8H,1H3;3-6H,1-2H3;7H,2-6H2,1H3;2-6H,1H3;3-5H2,1-2H3;3H2,1-2H3;1H3;1-2H3. The quantitative estimate of drug-likeness (QED) is 0.103. The van der Waals surface area contributed by atoms with Crippen LogP contribution in [0.25, 0.3) is 10.8 Å². The summed E-state index contributed by atoms with van der Waals surface area (Å²) in [7, 11) is -22.8. The van der Waals surface area contributed by atoms with Gasteiger partial charge in [0.15, 0.2) is 19.7 Å². The maximum atomic E-state index is 11.3. The van der Waals surface area contributed by atoms with E-state index in [0.717, 1.165) is 82.4 Å². The van der Waals surface area contributed by atoms with E-state index < -0.39 is 85.3 Å². The van der Waals surface area contributed by atoms with E-state index in [1.54, 1.807) is 54.6 Å².